The molecule has 6 heterocycles. The van der Waals surface area contributed by atoms with Crippen LogP contribution in [0.4, 0.5) is 20.5 Å². The third-order valence-electron chi connectivity index (χ3n) is 13.9. The normalized spacial score (nSPS) is 21.4. The summed E-state index contributed by atoms with van der Waals surface area (Å²) in [5, 5.41) is 14.7. The molecule has 85 heavy (non-hydrogen) atoms. The molecule has 442 valence electrons. The number of aromatic nitrogens is 8. The highest BCUT2D eigenvalue weighted by molar-refractivity contribution is 7.48. The molecule has 2 unspecified atom stereocenters. The molecule has 10 atom stereocenters. The first-order valence-electron chi connectivity index (χ1n) is 26.2. The van der Waals surface area contributed by atoms with Crippen LogP contribution in [0.2, 0.25) is 0 Å². The predicted octanol–water partition coefficient (Wildman–Crippen LogP) is 7.78. The van der Waals surface area contributed by atoms with Crippen molar-refractivity contribution < 1.29 is 74.2 Å². The van der Waals surface area contributed by atoms with E-state index in [4.69, 9.17) is 41.8 Å². The van der Waals surface area contributed by atoms with E-state index in [0.29, 0.717) is 33.8 Å². The van der Waals surface area contributed by atoms with Gasteiger partial charge in [0.2, 0.25) is 11.9 Å². The van der Waals surface area contributed by atoms with E-state index < -0.39 is 120 Å². The van der Waals surface area contributed by atoms with Crippen LogP contribution in [-0.2, 0) is 51.8 Å². The Morgan fingerprint density at radius 1 is 0.788 bits per heavy atom. The lowest BCUT2D eigenvalue weighted by molar-refractivity contribution is -0.118. The van der Waals surface area contributed by atoms with Gasteiger partial charge in [-0.15, -0.1) is 9.42 Å². The van der Waals surface area contributed by atoms with Crippen LogP contribution < -0.4 is 25.7 Å². The molecule has 0 spiro atoms. The average molecular weight is 1210 g/mol. The number of ether oxygens (including phenoxy) is 5. The molecule has 2 saturated heterocycles. The molecule has 26 nitrogen and oxygen atoms in total. The Kier molecular flexibility index (Phi) is 18.2. The number of amides is 2. The number of phosphoric ester groups is 1. The zero-order chi connectivity index (χ0) is 60.0. The number of aromatic amines is 1. The van der Waals surface area contributed by atoms with Crippen molar-refractivity contribution in [2.45, 2.75) is 75.1 Å². The van der Waals surface area contributed by atoms with E-state index >= 15 is 13.3 Å². The Morgan fingerprint density at radius 2 is 1.36 bits per heavy atom. The number of rotatable bonds is 24. The van der Waals surface area contributed by atoms with Gasteiger partial charge in [0.1, 0.15) is 41.7 Å². The summed E-state index contributed by atoms with van der Waals surface area (Å²) in [5.41, 5.74) is -0.900. The van der Waals surface area contributed by atoms with Crippen molar-refractivity contribution in [3.63, 3.8) is 0 Å². The molecular formula is C55H54F2N11O15P2+. The van der Waals surface area contributed by atoms with E-state index in [0.717, 1.165) is 17.2 Å². The minimum absolute atomic E-state index is 0.0184. The summed E-state index contributed by atoms with van der Waals surface area (Å²) >= 11 is 0. The van der Waals surface area contributed by atoms with Crippen LogP contribution >= 0.6 is 16.1 Å². The number of nitriles is 1. The van der Waals surface area contributed by atoms with Gasteiger partial charge < -0.3 is 29.0 Å². The number of methoxy groups -OCH3 is 2. The van der Waals surface area contributed by atoms with Crippen LogP contribution in [0.5, 0.6) is 11.5 Å². The Labute approximate surface area is 482 Å². The van der Waals surface area contributed by atoms with Gasteiger partial charge in [-0.25, -0.2) is 33.3 Å². The maximum Gasteiger partial charge on any atom is 0.695 e. The quantitative estimate of drug-likeness (QED) is 0.0255. The number of carbonyl (C=O) groups excluding carboxylic acids is 2. The van der Waals surface area contributed by atoms with Gasteiger partial charge >= 0.3 is 16.1 Å². The molecule has 2 aliphatic rings. The van der Waals surface area contributed by atoms with E-state index in [-0.39, 0.29) is 34.1 Å². The molecule has 4 aromatic carbocycles. The summed E-state index contributed by atoms with van der Waals surface area (Å²) in [6.45, 7) is 0.978. The molecule has 0 radical (unpaired) electrons. The van der Waals surface area contributed by atoms with E-state index in [1.807, 2.05) is 24.3 Å². The summed E-state index contributed by atoms with van der Waals surface area (Å²) in [4.78, 5) is 72.6. The fraction of sp³-hybridized carbons (Fsp3) is 0.327. The molecule has 30 heteroatoms. The van der Waals surface area contributed by atoms with Gasteiger partial charge in [0.25, 0.3) is 11.5 Å². The largest absolute Gasteiger partial charge is 0.695 e. The molecule has 10 rings (SSSR count). The summed E-state index contributed by atoms with van der Waals surface area (Å²) in [6.07, 6.45) is -12.7. The number of imidazole rings is 2. The lowest BCUT2D eigenvalue weighted by Gasteiger charge is -2.37. The first-order chi connectivity index (χ1) is 41.0. The van der Waals surface area contributed by atoms with Crippen LogP contribution in [0.15, 0.2) is 133 Å². The molecule has 4 aromatic heterocycles. The number of hydrogen-bond acceptors (Lipinski definition) is 20. The number of anilines is 2. The molecule has 0 bridgehead atoms. The summed E-state index contributed by atoms with van der Waals surface area (Å²) in [5.74, 6) is -0.859. The molecule has 4 N–H and O–H groups in total. The molecule has 2 aliphatic heterocycles. The fourth-order valence-corrected chi connectivity index (χ4v) is 11.5. The Bertz CT molecular complexity index is 3790. The van der Waals surface area contributed by atoms with Crippen LogP contribution in [0.1, 0.15) is 59.8 Å². The van der Waals surface area contributed by atoms with Gasteiger partial charge in [-0.3, -0.25) is 47.4 Å². The topological polar surface area (TPSA) is 327 Å². The van der Waals surface area contributed by atoms with Gasteiger partial charge in [0, 0.05) is 16.0 Å². The minimum Gasteiger partial charge on any atom is -0.497 e. The van der Waals surface area contributed by atoms with Crippen molar-refractivity contribution in [3.8, 4) is 17.6 Å². The summed E-state index contributed by atoms with van der Waals surface area (Å²) in [6, 6.07) is 33.3. The number of fused-ring (bicyclic) bond motifs is 2. The van der Waals surface area contributed by atoms with Gasteiger partial charge in [0.15, 0.2) is 59.0 Å². The molecule has 0 saturated carbocycles. The number of phosphoric acid groups is 1. The second-order valence-corrected chi connectivity index (χ2v) is 21.8. The van der Waals surface area contributed by atoms with Gasteiger partial charge in [-0.2, -0.15) is 10.2 Å². The predicted molar refractivity (Wildman–Crippen MR) is 297 cm³/mol. The second kappa shape index (κ2) is 25.9. The number of alkyl halides is 2. The van der Waals surface area contributed by atoms with Crippen LogP contribution in [-0.4, -0.2) is 127 Å². The smallest absolute Gasteiger partial charge is 0.497 e. The zero-order valence-corrected chi connectivity index (χ0v) is 47.3. The number of hydrogen-bond donors (Lipinski definition) is 4. The maximum atomic E-state index is 18.1. The number of nitrogens with one attached hydrogen (secondary N) is 3. The van der Waals surface area contributed by atoms with Gasteiger partial charge in [0.05, 0.1) is 59.2 Å². The fourth-order valence-electron chi connectivity index (χ4n) is 9.69. The van der Waals surface area contributed by atoms with Crippen LogP contribution in [0.3, 0.4) is 0 Å². The standard InChI is InChI=1S/C55H53F2N11O15P2/c1-31(2)49(69)65-54-64-48-43(51(71)66-54)62-30-68(48)52-40(56)44(82-84(72)73)39(81-52)27-79-85(74,78-25-11-24-58)83-45-38(80-53(41(45)57)67-29-61-42-46(59-28-60-47(42)67)63-50(70)32-12-7-5-8-13-32)26-77-55(33-14-9-6-10-15-33,34-16-20-36(75-3)21-17-34)35-18-22-37(76-4)23-19-35/h5-10,12-23,28-31,38-41,44-45,52-53H,11,25-27H2,1-4H3,(H3-,59,60,63,64,65,66,69,70,71,72,73)/p+1/t38-,39-,40-,41-,44-,45-,52-,53-,85?/m1/s1. The number of nitrogens with zero attached hydrogens (tertiary/aromatic N) is 8. The zero-order valence-electron chi connectivity index (χ0n) is 45.5. The highest BCUT2D eigenvalue weighted by atomic mass is 31.2. The highest BCUT2D eigenvalue weighted by Gasteiger charge is 2.55. The van der Waals surface area contributed by atoms with Crippen molar-refractivity contribution in [1.82, 2.24) is 39.0 Å². The van der Waals surface area contributed by atoms with Crippen molar-refractivity contribution in [3.05, 3.63) is 161 Å². The van der Waals surface area contributed by atoms with E-state index in [9.17, 15) is 29.1 Å². The van der Waals surface area contributed by atoms with Crippen LogP contribution in [0, 0.1) is 17.2 Å². The number of halogens is 2. The Balaban J connectivity index is 1.02. The lowest BCUT2D eigenvalue weighted by atomic mass is 9.80. The number of benzene rings is 4. The van der Waals surface area contributed by atoms with E-state index in [1.165, 1.54) is 25.1 Å². The third kappa shape index (κ3) is 12.6. The first kappa shape index (κ1) is 59.8. The second-order valence-electron chi connectivity index (χ2n) is 19.4. The summed E-state index contributed by atoms with van der Waals surface area (Å²) < 4.78 is 118. The Hall–Kier alpha value is -8.32. The SMILES string of the molecule is COc1ccc(C(OC[C@H]2O[C@@H](n3cnc4c(NC(=O)c5ccccc5)ncnc43)[C@H](F)[C@@H]2OP(=O)(OCCC#N)OC[C@H]2O[C@@H](n3cnc4c(=O)[nH]c(NC(=O)C(C)C)nc43)[C@H](F)[C@@H]2O[P+](=O)O)(c2ccccc2)c2ccc(OC)cc2)cc1. The van der Waals surface area contributed by atoms with Gasteiger partial charge in [-0.05, 0) is 53.1 Å². The van der Waals surface area contributed by atoms with Gasteiger partial charge in [-0.1, -0.05) is 86.6 Å². The average Bonchev–Trinajstić information content (AvgIpc) is 2.11. The van der Waals surface area contributed by atoms with Crippen molar-refractivity contribution in [1.29, 1.82) is 5.26 Å². The minimum atomic E-state index is -5.28. The first-order valence-corrected chi connectivity index (χ1v) is 28.8. The van der Waals surface area contributed by atoms with E-state index in [1.54, 1.807) is 105 Å². The molecule has 2 amide bonds. The number of H-pyrrole nitrogens is 1. The third-order valence-corrected chi connectivity index (χ3v) is 15.8. The molecular weight excluding hydrogens is 1150 g/mol. The van der Waals surface area contributed by atoms with Crippen molar-refractivity contribution >= 4 is 62.0 Å². The highest BCUT2D eigenvalue weighted by Crippen LogP contribution is 2.55. The van der Waals surface area contributed by atoms with Crippen LogP contribution in [0.25, 0.3) is 22.3 Å². The van der Waals surface area contributed by atoms with E-state index in [2.05, 4.69) is 40.5 Å². The summed E-state index contributed by atoms with van der Waals surface area (Å²) in [7, 11) is -5.82. The monoisotopic (exact) mass is 1210 g/mol. The van der Waals surface area contributed by atoms with Crippen molar-refractivity contribution in [2.24, 2.45) is 5.92 Å². The number of carbonyl (C=O) groups is 2. The molecule has 0 aliphatic carbocycles. The maximum absolute atomic E-state index is 18.1. The Morgan fingerprint density at radius 3 is 1.96 bits per heavy atom. The van der Waals surface area contributed by atoms with Crippen molar-refractivity contribution in [2.75, 3.05) is 44.7 Å². The molecule has 2 fully saturated rings. The lowest BCUT2D eigenvalue weighted by Crippen LogP contribution is -2.40. The molecule has 8 aromatic rings.